The lowest BCUT2D eigenvalue weighted by Gasteiger charge is -2.29. The summed E-state index contributed by atoms with van der Waals surface area (Å²) in [4.78, 5) is 28.4. The van der Waals surface area contributed by atoms with Crippen molar-refractivity contribution in [2.75, 3.05) is 19.3 Å². The maximum Gasteiger partial charge on any atom is 0.272 e. The second-order valence-electron chi connectivity index (χ2n) is 9.15. The number of amides is 2. The fraction of sp³-hybridized carbons (Fsp3) is 0.750. The maximum absolute atomic E-state index is 13.7. The first-order chi connectivity index (χ1) is 14.1. The molecule has 0 bridgehead atoms. The normalized spacial score (nSPS) is 29.3. The van der Waals surface area contributed by atoms with E-state index in [1.807, 2.05) is 13.8 Å². The molecule has 1 aromatic rings. The van der Waals surface area contributed by atoms with Gasteiger partial charge in [0.05, 0.1) is 30.5 Å². The number of hydrogen-bond donors (Lipinski definition) is 1. The molecular weight excluding hydrogens is 406 g/mol. The summed E-state index contributed by atoms with van der Waals surface area (Å²) in [5, 5.41) is 7.79. The van der Waals surface area contributed by atoms with Gasteiger partial charge in [-0.05, 0) is 38.1 Å². The molecule has 10 heteroatoms. The van der Waals surface area contributed by atoms with Crippen molar-refractivity contribution in [3.8, 4) is 0 Å². The van der Waals surface area contributed by atoms with Crippen molar-refractivity contribution in [3.05, 3.63) is 17.5 Å². The average Bonchev–Trinajstić information content (AvgIpc) is 3.38. The first-order valence-corrected chi connectivity index (χ1v) is 12.5. The smallest absolute Gasteiger partial charge is 0.272 e. The second-order valence-corrected chi connectivity index (χ2v) is 11.0. The van der Waals surface area contributed by atoms with E-state index in [4.69, 9.17) is 0 Å². The summed E-state index contributed by atoms with van der Waals surface area (Å²) in [5.41, 5.74) is 1.44. The third-order valence-corrected chi connectivity index (χ3v) is 7.94. The van der Waals surface area contributed by atoms with Crippen molar-refractivity contribution in [3.63, 3.8) is 0 Å². The van der Waals surface area contributed by atoms with Gasteiger partial charge in [-0.2, -0.15) is 5.10 Å². The third-order valence-electron chi connectivity index (χ3n) is 6.77. The molecule has 3 saturated heterocycles. The van der Waals surface area contributed by atoms with Crippen molar-refractivity contribution in [2.45, 2.75) is 57.7 Å². The third kappa shape index (κ3) is 3.43. The Balaban J connectivity index is 1.66. The van der Waals surface area contributed by atoms with Crippen molar-refractivity contribution < 1.29 is 18.0 Å². The highest BCUT2D eigenvalue weighted by atomic mass is 32.2. The molecule has 3 aliphatic rings. The van der Waals surface area contributed by atoms with Crippen LogP contribution in [0.3, 0.4) is 0 Å². The lowest BCUT2D eigenvalue weighted by atomic mass is 9.88. The molecule has 4 rings (SSSR count). The second kappa shape index (κ2) is 7.64. The number of aryl methyl sites for hydroxylation is 1. The minimum Gasteiger partial charge on any atom is -0.331 e. The Labute approximate surface area is 177 Å². The van der Waals surface area contributed by atoms with E-state index < -0.39 is 28.0 Å². The van der Waals surface area contributed by atoms with Crippen LogP contribution in [0.2, 0.25) is 0 Å². The minimum atomic E-state index is -3.69. The number of fused-ring (bicyclic) bond motifs is 1. The number of carbonyl (C=O) groups is 2. The van der Waals surface area contributed by atoms with Crippen LogP contribution in [0.4, 0.5) is 0 Å². The molecule has 4 atom stereocenters. The van der Waals surface area contributed by atoms with Crippen molar-refractivity contribution >= 4 is 21.8 Å². The van der Waals surface area contributed by atoms with Gasteiger partial charge in [0.15, 0.2) is 0 Å². The van der Waals surface area contributed by atoms with E-state index >= 15 is 0 Å². The summed E-state index contributed by atoms with van der Waals surface area (Å²) in [5.74, 6) is -1.15. The van der Waals surface area contributed by atoms with Crippen LogP contribution in [0.15, 0.2) is 6.20 Å². The van der Waals surface area contributed by atoms with E-state index in [0.29, 0.717) is 24.7 Å². The summed E-state index contributed by atoms with van der Waals surface area (Å²) in [6.07, 6.45) is 6.23. The van der Waals surface area contributed by atoms with Crippen molar-refractivity contribution in [1.29, 1.82) is 0 Å². The van der Waals surface area contributed by atoms with E-state index in [0.717, 1.165) is 41.9 Å². The molecule has 0 saturated carbocycles. The summed E-state index contributed by atoms with van der Waals surface area (Å²) in [7, 11) is -1.93. The molecule has 0 spiro atoms. The summed E-state index contributed by atoms with van der Waals surface area (Å²) < 4.78 is 27.3. The maximum atomic E-state index is 13.7. The number of likely N-dealkylation sites (tertiary alicyclic amines) is 1. The number of aromatic nitrogens is 2. The first kappa shape index (κ1) is 21.3. The van der Waals surface area contributed by atoms with Gasteiger partial charge in [0.2, 0.25) is 15.9 Å². The molecule has 3 aliphatic heterocycles. The summed E-state index contributed by atoms with van der Waals surface area (Å²) in [6.45, 7) is 5.24. The van der Waals surface area contributed by atoms with E-state index in [2.05, 4.69) is 10.4 Å². The van der Waals surface area contributed by atoms with Gasteiger partial charge in [0.1, 0.15) is 5.69 Å². The molecule has 1 unspecified atom stereocenters. The summed E-state index contributed by atoms with van der Waals surface area (Å²) in [6, 6.07) is -0.589. The number of nitrogens with one attached hydrogen (secondary N) is 1. The quantitative estimate of drug-likeness (QED) is 0.714. The number of carbonyl (C=O) groups excluding carboxylic acids is 2. The Morgan fingerprint density at radius 1 is 1.33 bits per heavy atom. The van der Waals surface area contributed by atoms with Gasteiger partial charge in [-0.1, -0.05) is 13.8 Å². The van der Waals surface area contributed by atoms with E-state index in [1.54, 1.807) is 22.8 Å². The molecule has 166 valence electrons. The zero-order valence-corrected chi connectivity index (χ0v) is 18.9. The van der Waals surface area contributed by atoms with Gasteiger partial charge in [-0.15, -0.1) is 0 Å². The van der Waals surface area contributed by atoms with Crippen LogP contribution in [-0.4, -0.2) is 76.7 Å². The molecule has 2 amide bonds. The molecule has 0 aromatic carbocycles. The Bertz CT molecular complexity index is 950. The fourth-order valence-electron chi connectivity index (χ4n) is 5.51. The fourth-order valence-corrected chi connectivity index (χ4v) is 6.68. The summed E-state index contributed by atoms with van der Waals surface area (Å²) >= 11 is 0. The largest absolute Gasteiger partial charge is 0.331 e. The monoisotopic (exact) mass is 437 g/mol. The molecule has 1 aromatic heterocycles. The molecule has 3 fully saturated rings. The lowest BCUT2D eigenvalue weighted by molar-refractivity contribution is -0.129. The van der Waals surface area contributed by atoms with Crippen LogP contribution in [0.1, 0.15) is 49.2 Å². The van der Waals surface area contributed by atoms with Crippen molar-refractivity contribution in [2.24, 2.45) is 18.9 Å². The Kier molecular flexibility index (Phi) is 5.42. The highest BCUT2D eigenvalue weighted by molar-refractivity contribution is 7.88. The van der Waals surface area contributed by atoms with Crippen molar-refractivity contribution in [1.82, 2.24) is 24.3 Å². The molecule has 0 radical (unpaired) electrons. The Hall–Kier alpha value is -1.94. The molecule has 9 nitrogen and oxygen atoms in total. The molecule has 0 aliphatic carbocycles. The molecule has 30 heavy (non-hydrogen) atoms. The Morgan fingerprint density at radius 2 is 2.07 bits per heavy atom. The zero-order chi connectivity index (χ0) is 21.8. The van der Waals surface area contributed by atoms with Crippen LogP contribution in [0.5, 0.6) is 0 Å². The highest BCUT2D eigenvalue weighted by Crippen LogP contribution is 2.41. The number of hydrogen-bond acceptors (Lipinski definition) is 6. The highest BCUT2D eigenvalue weighted by Gasteiger charge is 2.58. The Morgan fingerprint density at radius 3 is 2.67 bits per heavy atom. The molecular formula is C20H31N5O4S. The average molecular weight is 438 g/mol. The van der Waals surface area contributed by atoms with Crippen LogP contribution in [-0.2, 0) is 28.3 Å². The van der Waals surface area contributed by atoms with Gasteiger partial charge < -0.3 is 10.2 Å². The SMILES string of the molecule is CC(C)[C@H]1C(=O)N(S(C)(=O)=O)[C@H]2CCN(C(=O)c3c(CC4CCCN4)cnn3C)[C@H]12. The number of nitrogens with zero attached hydrogens (tertiary/aromatic N) is 4. The van der Waals surface area contributed by atoms with E-state index in [1.165, 1.54) is 0 Å². The van der Waals surface area contributed by atoms with Gasteiger partial charge >= 0.3 is 0 Å². The minimum absolute atomic E-state index is 0.0705. The number of rotatable bonds is 5. The predicted molar refractivity (Wildman–Crippen MR) is 111 cm³/mol. The van der Waals surface area contributed by atoms with E-state index in [-0.39, 0.29) is 17.7 Å². The van der Waals surface area contributed by atoms with Gasteiger partial charge in [-0.25, -0.2) is 12.7 Å². The predicted octanol–water partition coefficient (Wildman–Crippen LogP) is 0.372. The lowest BCUT2D eigenvalue weighted by Crippen LogP contribution is -2.45. The topological polar surface area (TPSA) is 105 Å². The standard InChI is InChI=1S/C20H31N5O4S/c1-12(2)16-18-15(25(19(16)26)30(4,28)29)7-9-24(18)20(27)17-13(11-22-23(17)3)10-14-6-5-8-21-14/h11-12,14-16,18,21H,5-10H2,1-4H3/t14?,15-,16+,18-/m0/s1. The zero-order valence-electron chi connectivity index (χ0n) is 18.0. The van der Waals surface area contributed by atoms with Gasteiger partial charge in [0, 0.05) is 25.2 Å². The van der Waals surface area contributed by atoms with E-state index in [9.17, 15) is 18.0 Å². The first-order valence-electron chi connectivity index (χ1n) is 10.7. The molecule has 1 N–H and O–H groups in total. The van der Waals surface area contributed by atoms with Gasteiger partial charge in [-0.3, -0.25) is 14.3 Å². The van der Waals surface area contributed by atoms with Crippen LogP contribution in [0.25, 0.3) is 0 Å². The number of sulfonamides is 1. The van der Waals surface area contributed by atoms with Crippen LogP contribution >= 0.6 is 0 Å². The molecule has 4 heterocycles. The van der Waals surface area contributed by atoms with Crippen LogP contribution < -0.4 is 5.32 Å². The van der Waals surface area contributed by atoms with Gasteiger partial charge in [0.25, 0.3) is 5.91 Å². The van der Waals surface area contributed by atoms with Crippen LogP contribution in [0, 0.1) is 11.8 Å².